The molecule has 0 bridgehead atoms. The highest BCUT2D eigenvalue weighted by Gasteiger charge is 2.14. The van der Waals surface area contributed by atoms with Crippen molar-refractivity contribution < 1.29 is 0 Å². The molecule has 1 atom stereocenters. The lowest BCUT2D eigenvalue weighted by molar-refractivity contribution is 0.365. The van der Waals surface area contributed by atoms with Crippen LogP contribution in [-0.4, -0.2) is 17.4 Å². The highest BCUT2D eigenvalue weighted by atomic mass is 79.9. The van der Waals surface area contributed by atoms with Gasteiger partial charge in [0.2, 0.25) is 0 Å². The maximum atomic E-state index is 3.66. The van der Waals surface area contributed by atoms with Crippen molar-refractivity contribution in [3.8, 4) is 0 Å². The van der Waals surface area contributed by atoms with Gasteiger partial charge in [-0.05, 0) is 18.8 Å². The number of rotatable bonds is 6. The van der Waals surface area contributed by atoms with Gasteiger partial charge in [-0.25, -0.2) is 0 Å². The Kier molecular flexibility index (Phi) is 7.16. The molecule has 0 rings (SSSR count). The average molecular weight is 236 g/mol. The number of hydrogen-bond acceptors (Lipinski definition) is 1. The highest BCUT2D eigenvalue weighted by molar-refractivity contribution is 9.09. The normalized spacial score (nSPS) is 14.2. The summed E-state index contributed by atoms with van der Waals surface area (Å²) >= 11 is 3.54. The fourth-order valence-electron chi connectivity index (χ4n) is 1.24. The minimum Gasteiger partial charge on any atom is -0.310 e. The Morgan fingerprint density at radius 1 is 1.17 bits per heavy atom. The van der Waals surface area contributed by atoms with E-state index in [9.17, 15) is 0 Å². The standard InChI is InChI=1S/C10H22BrN/c1-5-9(6-2)12-10(7-11)8(3)4/h8-10,12H,5-7H2,1-4H3. The molecule has 0 saturated heterocycles. The maximum absolute atomic E-state index is 3.66. The summed E-state index contributed by atoms with van der Waals surface area (Å²) in [6, 6.07) is 1.31. The zero-order valence-electron chi connectivity index (χ0n) is 8.73. The Labute approximate surface area is 85.4 Å². The summed E-state index contributed by atoms with van der Waals surface area (Å²) in [6.45, 7) is 9.02. The summed E-state index contributed by atoms with van der Waals surface area (Å²) in [5.74, 6) is 0.713. The van der Waals surface area contributed by atoms with Gasteiger partial charge in [0.1, 0.15) is 0 Å². The van der Waals surface area contributed by atoms with Gasteiger partial charge in [-0.15, -0.1) is 0 Å². The van der Waals surface area contributed by atoms with E-state index in [0.717, 1.165) is 5.33 Å². The molecule has 0 aliphatic heterocycles. The molecule has 1 unspecified atom stereocenters. The number of hydrogen-bond donors (Lipinski definition) is 1. The fourth-order valence-corrected chi connectivity index (χ4v) is 2.18. The van der Waals surface area contributed by atoms with E-state index in [1.54, 1.807) is 0 Å². The summed E-state index contributed by atoms with van der Waals surface area (Å²) < 4.78 is 0. The molecule has 0 aromatic rings. The predicted octanol–water partition coefficient (Wildman–Crippen LogP) is 3.18. The van der Waals surface area contributed by atoms with Crippen LogP contribution in [0.2, 0.25) is 0 Å². The van der Waals surface area contributed by atoms with Crippen LogP contribution in [0, 0.1) is 5.92 Å². The van der Waals surface area contributed by atoms with E-state index in [1.165, 1.54) is 12.8 Å². The maximum Gasteiger partial charge on any atom is 0.0190 e. The van der Waals surface area contributed by atoms with Gasteiger partial charge < -0.3 is 5.32 Å². The molecule has 0 fully saturated rings. The van der Waals surface area contributed by atoms with Crippen molar-refractivity contribution in [3.05, 3.63) is 0 Å². The Hall–Kier alpha value is 0.440. The van der Waals surface area contributed by atoms with E-state index in [0.29, 0.717) is 18.0 Å². The van der Waals surface area contributed by atoms with Crippen LogP contribution in [0.1, 0.15) is 40.5 Å². The molecule has 0 aromatic heterocycles. The van der Waals surface area contributed by atoms with Crippen LogP contribution in [-0.2, 0) is 0 Å². The highest BCUT2D eigenvalue weighted by Crippen LogP contribution is 2.08. The topological polar surface area (TPSA) is 12.0 Å². The van der Waals surface area contributed by atoms with Crippen LogP contribution in [0.25, 0.3) is 0 Å². The molecule has 0 radical (unpaired) electrons. The Bertz CT molecular complexity index is 100. The summed E-state index contributed by atoms with van der Waals surface area (Å²) in [7, 11) is 0. The van der Waals surface area contributed by atoms with Crippen LogP contribution in [0.15, 0.2) is 0 Å². The van der Waals surface area contributed by atoms with Crippen molar-refractivity contribution >= 4 is 15.9 Å². The Balaban J connectivity index is 3.82. The first-order chi connectivity index (χ1) is 5.65. The average Bonchev–Trinajstić information content (AvgIpc) is 2.06. The molecule has 1 N–H and O–H groups in total. The minimum atomic E-state index is 0.620. The molecule has 0 aromatic carbocycles. The van der Waals surface area contributed by atoms with Crippen molar-refractivity contribution in [2.24, 2.45) is 5.92 Å². The summed E-state index contributed by atoms with van der Waals surface area (Å²) in [5.41, 5.74) is 0. The van der Waals surface area contributed by atoms with Crippen LogP contribution < -0.4 is 5.32 Å². The first-order valence-corrected chi connectivity index (χ1v) is 6.09. The van der Waals surface area contributed by atoms with Crippen molar-refractivity contribution in [2.75, 3.05) is 5.33 Å². The van der Waals surface area contributed by atoms with E-state index in [1.807, 2.05) is 0 Å². The SMILES string of the molecule is CCC(CC)NC(CBr)C(C)C. The monoisotopic (exact) mass is 235 g/mol. The summed E-state index contributed by atoms with van der Waals surface area (Å²) in [5, 5.41) is 4.71. The third-order valence-electron chi connectivity index (χ3n) is 2.41. The minimum absolute atomic E-state index is 0.620. The van der Waals surface area contributed by atoms with Gasteiger partial charge in [0.25, 0.3) is 0 Å². The van der Waals surface area contributed by atoms with E-state index >= 15 is 0 Å². The molecule has 0 saturated carbocycles. The molecule has 0 aliphatic carbocycles. The lowest BCUT2D eigenvalue weighted by atomic mass is 10.0. The summed E-state index contributed by atoms with van der Waals surface area (Å²) in [4.78, 5) is 0. The van der Waals surface area contributed by atoms with Gasteiger partial charge in [-0.2, -0.15) is 0 Å². The zero-order chi connectivity index (χ0) is 9.56. The zero-order valence-corrected chi connectivity index (χ0v) is 10.3. The van der Waals surface area contributed by atoms with Crippen LogP contribution >= 0.6 is 15.9 Å². The molecule has 0 amide bonds. The van der Waals surface area contributed by atoms with Gasteiger partial charge in [0.05, 0.1) is 0 Å². The fraction of sp³-hybridized carbons (Fsp3) is 1.00. The third kappa shape index (κ3) is 4.46. The van der Waals surface area contributed by atoms with Gasteiger partial charge in [-0.3, -0.25) is 0 Å². The second-order valence-corrected chi connectivity index (χ2v) is 4.33. The second kappa shape index (κ2) is 6.90. The van der Waals surface area contributed by atoms with Gasteiger partial charge in [0, 0.05) is 17.4 Å². The predicted molar refractivity (Wildman–Crippen MR) is 59.9 cm³/mol. The smallest absolute Gasteiger partial charge is 0.0190 e. The summed E-state index contributed by atoms with van der Waals surface area (Å²) in [6.07, 6.45) is 2.46. The molecule has 74 valence electrons. The first-order valence-electron chi connectivity index (χ1n) is 4.97. The third-order valence-corrected chi connectivity index (χ3v) is 3.10. The number of halogens is 1. The van der Waals surface area contributed by atoms with Crippen LogP contribution in [0.4, 0.5) is 0 Å². The number of alkyl halides is 1. The molecule has 0 aliphatic rings. The molecule has 12 heavy (non-hydrogen) atoms. The lowest BCUT2D eigenvalue weighted by Gasteiger charge is -2.25. The van der Waals surface area contributed by atoms with Crippen molar-refractivity contribution in [1.82, 2.24) is 5.32 Å². The van der Waals surface area contributed by atoms with E-state index < -0.39 is 0 Å². The lowest BCUT2D eigenvalue weighted by Crippen LogP contribution is -2.41. The van der Waals surface area contributed by atoms with Gasteiger partial charge in [-0.1, -0.05) is 43.6 Å². The van der Waals surface area contributed by atoms with E-state index in [2.05, 4.69) is 48.9 Å². The molecule has 2 heteroatoms. The number of nitrogens with one attached hydrogen (secondary N) is 1. The Morgan fingerprint density at radius 3 is 1.92 bits per heavy atom. The molecule has 1 nitrogen and oxygen atoms in total. The van der Waals surface area contributed by atoms with E-state index in [4.69, 9.17) is 0 Å². The van der Waals surface area contributed by atoms with Crippen molar-refractivity contribution in [2.45, 2.75) is 52.6 Å². The van der Waals surface area contributed by atoms with Crippen LogP contribution in [0.3, 0.4) is 0 Å². The second-order valence-electron chi connectivity index (χ2n) is 3.68. The molecule has 0 spiro atoms. The van der Waals surface area contributed by atoms with Gasteiger partial charge in [0.15, 0.2) is 0 Å². The van der Waals surface area contributed by atoms with E-state index in [-0.39, 0.29) is 0 Å². The molecule has 0 heterocycles. The first kappa shape index (κ1) is 12.4. The Morgan fingerprint density at radius 2 is 1.67 bits per heavy atom. The van der Waals surface area contributed by atoms with Gasteiger partial charge >= 0.3 is 0 Å². The van der Waals surface area contributed by atoms with Crippen LogP contribution in [0.5, 0.6) is 0 Å². The quantitative estimate of drug-likeness (QED) is 0.698. The van der Waals surface area contributed by atoms with Crippen molar-refractivity contribution in [1.29, 1.82) is 0 Å². The molecular weight excluding hydrogens is 214 g/mol. The largest absolute Gasteiger partial charge is 0.310 e. The van der Waals surface area contributed by atoms with Crippen molar-refractivity contribution in [3.63, 3.8) is 0 Å². The molecular formula is C10H22BrN.